The van der Waals surface area contributed by atoms with Crippen molar-refractivity contribution in [3.63, 3.8) is 0 Å². The van der Waals surface area contributed by atoms with Gasteiger partial charge in [0.25, 0.3) is 0 Å². The van der Waals surface area contributed by atoms with Crippen molar-refractivity contribution in [2.24, 2.45) is 5.41 Å². The topological polar surface area (TPSA) is 78.4 Å². The minimum Gasteiger partial charge on any atom is -0.480 e. The van der Waals surface area contributed by atoms with E-state index >= 15 is 0 Å². The summed E-state index contributed by atoms with van der Waals surface area (Å²) in [6, 6.07) is -1.33. The number of aliphatic carboxylic acids is 1. The molecule has 0 aliphatic heterocycles. The zero-order valence-electron chi connectivity index (χ0n) is 12.3. The summed E-state index contributed by atoms with van der Waals surface area (Å²) >= 11 is 0. The molecule has 0 aliphatic carbocycles. The summed E-state index contributed by atoms with van der Waals surface area (Å²) in [7, 11) is 0. The van der Waals surface area contributed by atoms with Crippen molar-refractivity contribution in [1.82, 2.24) is 10.6 Å². The van der Waals surface area contributed by atoms with Crippen molar-refractivity contribution in [2.75, 3.05) is 0 Å². The Morgan fingerprint density at radius 1 is 1.11 bits per heavy atom. The van der Waals surface area contributed by atoms with Crippen LogP contribution in [0, 0.1) is 5.41 Å². The monoisotopic (exact) mass is 258 g/mol. The van der Waals surface area contributed by atoms with Crippen LogP contribution in [0.15, 0.2) is 0 Å². The smallest absolute Gasteiger partial charge is 0.326 e. The molecule has 0 bridgehead atoms. The highest BCUT2D eigenvalue weighted by atomic mass is 16.4. The number of carbonyl (C=O) groups excluding carboxylic acids is 1. The first-order chi connectivity index (χ1) is 8.05. The molecule has 5 nitrogen and oxygen atoms in total. The molecule has 0 aliphatic rings. The van der Waals surface area contributed by atoms with Gasteiger partial charge in [0.2, 0.25) is 0 Å². The average Bonchev–Trinajstić information content (AvgIpc) is 2.23. The highest BCUT2D eigenvalue weighted by Gasteiger charge is 2.33. The minimum atomic E-state index is -1.02. The summed E-state index contributed by atoms with van der Waals surface area (Å²) in [5.41, 5.74) is -0.830. The molecule has 1 atom stereocenters. The van der Waals surface area contributed by atoms with Gasteiger partial charge in [-0.05, 0) is 25.2 Å². The molecule has 0 aromatic rings. The molecule has 0 radical (unpaired) electrons. The Balaban J connectivity index is 4.69. The largest absolute Gasteiger partial charge is 0.480 e. The van der Waals surface area contributed by atoms with Crippen molar-refractivity contribution < 1.29 is 14.7 Å². The van der Waals surface area contributed by atoms with Crippen LogP contribution in [0.1, 0.15) is 54.4 Å². The summed E-state index contributed by atoms with van der Waals surface area (Å²) in [6.07, 6.45) is 1.59. The molecule has 0 spiro atoms. The zero-order chi connectivity index (χ0) is 14.6. The first-order valence-corrected chi connectivity index (χ1v) is 6.37. The number of hydrogen-bond donors (Lipinski definition) is 3. The molecule has 0 unspecified atom stereocenters. The van der Waals surface area contributed by atoms with E-state index in [9.17, 15) is 9.59 Å². The molecule has 0 saturated heterocycles. The molecule has 0 heterocycles. The third-order valence-electron chi connectivity index (χ3n) is 3.36. The van der Waals surface area contributed by atoms with Gasteiger partial charge in [-0.2, -0.15) is 0 Å². The molecular formula is C13H26N2O3. The van der Waals surface area contributed by atoms with Gasteiger partial charge in [-0.15, -0.1) is 0 Å². The molecule has 2 amide bonds. The van der Waals surface area contributed by atoms with Crippen LogP contribution in [-0.2, 0) is 4.79 Å². The van der Waals surface area contributed by atoms with Crippen molar-refractivity contribution in [1.29, 1.82) is 0 Å². The molecular weight excluding hydrogens is 232 g/mol. The normalized spacial score (nSPS) is 13.9. The lowest BCUT2D eigenvalue weighted by Crippen LogP contribution is -2.56. The van der Waals surface area contributed by atoms with E-state index in [1.807, 2.05) is 20.8 Å². The Hall–Kier alpha value is -1.26. The number of carboxylic acid groups (broad SMARTS) is 1. The highest BCUT2D eigenvalue weighted by Crippen LogP contribution is 2.20. The van der Waals surface area contributed by atoms with E-state index in [1.165, 1.54) is 0 Å². The van der Waals surface area contributed by atoms with E-state index < -0.39 is 23.5 Å². The second kappa shape index (κ2) is 6.07. The Bertz CT molecular complexity index is 304. The van der Waals surface area contributed by atoms with Gasteiger partial charge in [-0.25, -0.2) is 9.59 Å². The number of carboxylic acids is 1. The first kappa shape index (κ1) is 16.7. The maximum atomic E-state index is 11.9. The van der Waals surface area contributed by atoms with Crippen LogP contribution in [-0.4, -0.2) is 28.7 Å². The maximum Gasteiger partial charge on any atom is 0.326 e. The molecule has 18 heavy (non-hydrogen) atoms. The summed E-state index contributed by atoms with van der Waals surface area (Å²) in [4.78, 5) is 23.0. The van der Waals surface area contributed by atoms with Crippen LogP contribution in [0.5, 0.6) is 0 Å². The SMILES string of the molecule is CCC(C)(CC)NC(=O)N[C@H](C(=O)O)C(C)(C)C. The van der Waals surface area contributed by atoms with Crippen LogP contribution in [0.3, 0.4) is 0 Å². The second-order valence-corrected chi connectivity index (χ2v) is 6.00. The van der Waals surface area contributed by atoms with E-state index in [4.69, 9.17) is 5.11 Å². The summed E-state index contributed by atoms with van der Waals surface area (Å²) < 4.78 is 0. The molecule has 0 fully saturated rings. The van der Waals surface area contributed by atoms with Crippen molar-refractivity contribution in [2.45, 2.75) is 66.0 Å². The number of carbonyl (C=O) groups is 2. The van der Waals surface area contributed by atoms with Gasteiger partial charge < -0.3 is 15.7 Å². The lowest BCUT2D eigenvalue weighted by atomic mass is 9.87. The lowest BCUT2D eigenvalue weighted by molar-refractivity contribution is -0.141. The molecule has 0 saturated carbocycles. The maximum absolute atomic E-state index is 11.9. The molecule has 5 heteroatoms. The van der Waals surface area contributed by atoms with E-state index in [0.29, 0.717) is 0 Å². The van der Waals surface area contributed by atoms with Gasteiger partial charge in [-0.3, -0.25) is 0 Å². The summed E-state index contributed by atoms with van der Waals surface area (Å²) in [5.74, 6) is -1.02. The Morgan fingerprint density at radius 3 is 1.83 bits per heavy atom. The third kappa shape index (κ3) is 4.94. The number of hydrogen-bond acceptors (Lipinski definition) is 2. The van der Waals surface area contributed by atoms with Crippen molar-refractivity contribution in [3.8, 4) is 0 Å². The Kier molecular flexibility index (Phi) is 5.64. The molecule has 0 rings (SSSR count). The average molecular weight is 258 g/mol. The first-order valence-electron chi connectivity index (χ1n) is 6.37. The fraction of sp³-hybridized carbons (Fsp3) is 0.846. The standard InChI is InChI=1S/C13H26N2O3/c1-7-13(6,8-2)15-11(18)14-9(10(16)17)12(3,4)5/h9H,7-8H2,1-6H3,(H,16,17)(H2,14,15,18)/t9-/m1/s1. The van der Waals surface area contributed by atoms with E-state index in [1.54, 1.807) is 20.8 Å². The second-order valence-electron chi connectivity index (χ2n) is 6.00. The van der Waals surface area contributed by atoms with Gasteiger partial charge >= 0.3 is 12.0 Å². The van der Waals surface area contributed by atoms with Gasteiger partial charge in [0.15, 0.2) is 0 Å². The van der Waals surface area contributed by atoms with E-state index in [-0.39, 0.29) is 5.54 Å². The van der Waals surface area contributed by atoms with Gasteiger partial charge in [0.1, 0.15) is 6.04 Å². The van der Waals surface area contributed by atoms with Crippen LogP contribution >= 0.6 is 0 Å². The quantitative estimate of drug-likeness (QED) is 0.708. The van der Waals surface area contributed by atoms with Crippen LogP contribution in [0.4, 0.5) is 4.79 Å². The zero-order valence-corrected chi connectivity index (χ0v) is 12.3. The van der Waals surface area contributed by atoms with E-state index in [0.717, 1.165) is 12.8 Å². The van der Waals surface area contributed by atoms with Crippen LogP contribution < -0.4 is 10.6 Å². The fourth-order valence-electron chi connectivity index (χ4n) is 1.52. The predicted octanol–water partition coefficient (Wildman–Crippen LogP) is 2.36. The summed E-state index contributed by atoms with van der Waals surface area (Å²) in [6.45, 7) is 11.3. The Morgan fingerprint density at radius 2 is 1.56 bits per heavy atom. The number of nitrogens with one attached hydrogen (secondary N) is 2. The minimum absolute atomic E-state index is 0.301. The van der Waals surface area contributed by atoms with Crippen molar-refractivity contribution in [3.05, 3.63) is 0 Å². The summed E-state index contributed by atoms with van der Waals surface area (Å²) in [5, 5.41) is 14.5. The highest BCUT2D eigenvalue weighted by molar-refractivity contribution is 5.83. The molecule has 0 aromatic carbocycles. The van der Waals surface area contributed by atoms with Gasteiger partial charge in [0.05, 0.1) is 0 Å². The number of urea groups is 1. The lowest BCUT2D eigenvalue weighted by Gasteiger charge is -2.32. The van der Waals surface area contributed by atoms with Crippen molar-refractivity contribution >= 4 is 12.0 Å². The van der Waals surface area contributed by atoms with Gasteiger partial charge in [-0.1, -0.05) is 34.6 Å². The molecule has 106 valence electrons. The third-order valence-corrected chi connectivity index (χ3v) is 3.36. The van der Waals surface area contributed by atoms with Gasteiger partial charge in [0, 0.05) is 5.54 Å². The van der Waals surface area contributed by atoms with Crippen LogP contribution in [0.25, 0.3) is 0 Å². The molecule has 0 aromatic heterocycles. The fourth-order valence-corrected chi connectivity index (χ4v) is 1.52. The number of amides is 2. The molecule has 3 N–H and O–H groups in total. The van der Waals surface area contributed by atoms with E-state index in [2.05, 4.69) is 10.6 Å². The Labute approximate surface area is 109 Å². The predicted molar refractivity (Wildman–Crippen MR) is 71.5 cm³/mol. The van der Waals surface area contributed by atoms with Crippen LogP contribution in [0.2, 0.25) is 0 Å². The number of rotatable bonds is 5.